The summed E-state index contributed by atoms with van der Waals surface area (Å²) in [6.45, 7) is 1.44. The van der Waals surface area contributed by atoms with Crippen LogP contribution >= 0.6 is 0 Å². The normalized spacial score (nSPS) is 24.4. The van der Waals surface area contributed by atoms with Crippen molar-refractivity contribution in [1.82, 2.24) is 4.90 Å². The molecule has 27 heavy (non-hydrogen) atoms. The second kappa shape index (κ2) is 6.89. The van der Waals surface area contributed by atoms with E-state index in [1.165, 1.54) is 0 Å². The van der Waals surface area contributed by atoms with Gasteiger partial charge in [0.1, 0.15) is 18.5 Å². The predicted molar refractivity (Wildman–Crippen MR) is 103 cm³/mol. The van der Waals surface area contributed by atoms with Crippen molar-refractivity contribution in [2.45, 2.75) is 44.0 Å². The number of hydrogen-bond donors (Lipinski definition) is 1. The summed E-state index contributed by atoms with van der Waals surface area (Å²) >= 11 is 0. The molecule has 0 aromatic heterocycles. The maximum absolute atomic E-state index is 13.0. The largest absolute Gasteiger partial charge is 0.491 e. The van der Waals surface area contributed by atoms with Gasteiger partial charge in [-0.3, -0.25) is 4.79 Å². The van der Waals surface area contributed by atoms with Crippen molar-refractivity contribution in [3.8, 4) is 5.75 Å². The Morgan fingerprint density at radius 3 is 2.63 bits per heavy atom. The maximum Gasteiger partial charge on any atom is 0.258 e. The molecule has 5 heteroatoms. The number of benzene rings is 2. The average Bonchev–Trinajstić information content (AvgIpc) is 3.40. The second-order valence-electron chi connectivity index (χ2n) is 7.55. The van der Waals surface area contributed by atoms with E-state index in [0.717, 1.165) is 54.9 Å². The molecule has 5 nitrogen and oxygen atoms in total. The van der Waals surface area contributed by atoms with Gasteiger partial charge in [0.2, 0.25) is 0 Å². The summed E-state index contributed by atoms with van der Waals surface area (Å²) in [5, 5.41) is 3.56. The number of ether oxygens (including phenoxy) is 2. The molecule has 1 aliphatic carbocycles. The number of rotatable bonds is 5. The van der Waals surface area contributed by atoms with E-state index in [9.17, 15) is 4.79 Å². The summed E-state index contributed by atoms with van der Waals surface area (Å²) in [5.41, 5.74) is 2.74. The molecule has 0 bridgehead atoms. The van der Waals surface area contributed by atoms with Crippen molar-refractivity contribution in [3.05, 3.63) is 59.7 Å². The maximum atomic E-state index is 13.0. The van der Waals surface area contributed by atoms with Crippen LogP contribution in [0.15, 0.2) is 48.5 Å². The van der Waals surface area contributed by atoms with Gasteiger partial charge >= 0.3 is 0 Å². The Kier molecular flexibility index (Phi) is 4.24. The van der Waals surface area contributed by atoms with Gasteiger partial charge in [0.15, 0.2) is 0 Å². The van der Waals surface area contributed by atoms with Crippen LogP contribution in [0.25, 0.3) is 0 Å². The molecule has 2 aromatic rings. The number of nitrogens with one attached hydrogen (secondary N) is 1. The Balaban J connectivity index is 1.35. The number of para-hydroxylation sites is 1. The van der Waals surface area contributed by atoms with Crippen molar-refractivity contribution in [2.75, 3.05) is 18.5 Å². The van der Waals surface area contributed by atoms with Crippen molar-refractivity contribution < 1.29 is 14.3 Å². The molecule has 2 fully saturated rings. The summed E-state index contributed by atoms with van der Waals surface area (Å²) in [4.78, 5) is 15.1. The van der Waals surface area contributed by atoms with Gasteiger partial charge in [-0.25, -0.2) is 0 Å². The molecule has 2 aliphatic heterocycles. The van der Waals surface area contributed by atoms with Crippen molar-refractivity contribution >= 4 is 11.6 Å². The fraction of sp³-hybridized carbons (Fsp3) is 0.409. The monoisotopic (exact) mass is 364 g/mol. The summed E-state index contributed by atoms with van der Waals surface area (Å²) < 4.78 is 11.5. The molecule has 1 amide bonds. The van der Waals surface area contributed by atoms with Gasteiger partial charge in [0, 0.05) is 18.3 Å². The first-order valence-corrected chi connectivity index (χ1v) is 9.82. The summed E-state index contributed by atoms with van der Waals surface area (Å²) in [7, 11) is 0. The molecule has 5 rings (SSSR count). The van der Waals surface area contributed by atoms with Crippen molar-refractivity contribution in [2.24, 2.45) is 0 Å². The Morgan fingerprint density at radius 2 is 1.89 bits per heavy atom. The van der Waals surface area contributed by atoms with E-state index in [1.54, 1.807) is 0 Å². The molecule has 3 aliphatic rings. The lowest BCUT2D eigenvalue weighted by Gasteiger charge is -2.38. The molecule has 2 unspecified atom stereocenters. The van der Waals surface area contributed by atoms with Gasteiger partial charge in [0.05, 0.1) is 11.7 Å². The molecule has 140 valence electrons. The molecule has 1 saturated heterocycles. The van der Waals surface area contributed by atoms with Crippen LogP contribution in [0.4, 0.5) is 5.69 Å². The molecule has 1 saturated carbocycles. The molecule has 0 radical (unpaired) electrons. The Hall–Kier alpha value is -2.53. The smallest absolute Gasteiger partial charge is 0.258 e. The minimum absolute atomic E-state index is 0.121. The Labute approximate surface area is 159 Å². The zero-order valence-corrected chi connectivity index (χ0v) is 15.3. The van der Waals surface area contributed by atoms with E-state index >= 15 is 0 Å². The first-order valence-electron chi connectivity index (χ1n) is 9.82. The van der Waals surface area contributed by atoms with Crippen LogP contribution in [0.1, 0.15) is 47.8 Å². The number of amides is 1. The first-order chi connectivity index (χ1) is 13.3. The van der Waals surface area contributed by atoms with E-state index in [0.29, 0.717) is 12.6 Å². The Morgan fingerprint density at radius 1 is 1.07 bits per heavy atom. The zero-order chi connectivity index (χ0) is 18.2. The van der Waals surface area contributed by atoms with Crippen LogP contribution in [0, 0.1) is 0 Å². The number of fused-ring (bicyclic) bond motifs is 1. The molecule has 2 aromatic carbocycles. The molecule has 1 N–H and O–H groups in total. The molecule has 2 heterocycles. The highest BCUT2D eigenvalue weighted by atomic mass is 16.5. The topological polar surface area (TPSA) is 50.8 Å². The van der Waals surface area contributed by atoms with E-state index in [4.69, 9.17) is 9.47 Å². The lowest BCUT2D eigenvalue weighted by molar-refractivity contribution is 0.0663. The summed E-state index contributed by atoms with van der Waals surface area (Å²) in [5.74, 6) is 0.963. The number of anilines is 1. The van der Waals surface area contributed by atoms with Gasteiger partial charge < -0.3 is 19.7 Å². The lowest BCUT2D eigenvalue weighted by atomic mass is 10.0. The van der Waals surface area contributed by atoms with E-state index in [1.807, 2.05) is 41.3 Å². The van der Waals surface area contributed by atoms with E-state index < -0.39 is 0 Å². The number of carbonyl (C=O) groups is 1. The highest BCUT2D eigenvalue weighted by Crippen LogP contribution is 2.40. The van der Waals surface area contributed by atoms with Crippen LogP contribution < -0.4 is 10.1 Å². The third kappa shape index (κ3) is 3.28. The highest BCUT2D eigenvalue weighted by Gasteiger charge is 2.41. The minimum atomic E-state index is -0.132. The van der Waals surface area contributed by atoms with Crippen LogP contribution in [0.5, 0.6) is 5.75 Å². The van der Waals surface area contributed by atoms with Crippen molar-refractivity contribution in [1.29, 1.82) is 0 Å². The third-order valence-electron chi connectivity index (χ3n) is 5.56. The molecular formula is C22H24N2O3. The van der Waals surface area contributed by atoms with Crippen LogP contribution in [-0.2, 0) is 4.74 Å². The zero-order valence-electron chi connectivity index (χ0n) is 15.3. The van der Waals surface area contributed by atoms with Gasteiger partial charge in [-0.1, -0.05) is 24.3 Å². The van der Waals surface area contributed by atoms with Gasteiger partial charge in [-0.05, 0) is 55.5 Å². The standard InChI is InChI=1S/C22H24N2O3/c25-22-19-5-1-2-6-20(19)23-21(24(22)16-9-10-16)15-7-11-17(12-8-15)27-14-18-4-3-13-26-18/h1-2,5-8,11-12,16,18,21,23H,3-4,9-10,13-14H2. The molecule has 2 atom stereocenters. The van der Waals surface area contributed by atoms with Crippen LogP contribution in [0.3, 0.4) is 0 Å². The average molecular weight is 364 g/mol. The molecule has 0 spiro atoms. The van der Waals surface area contributed by atoms with Crippen LogP contribution in [-0.4, -0.2) is 36.2 Å². The Bertz CT molecular complexity index is 826. The van der Waals surface area contributed by atoms with Gasteiger partial charge in [-0.2, -0.15) is 0 Å². The third-order valence-corrected chi connectivity index (χ3v) is 5.56. The lowest BCUT2D eigenvalue weighted by Crippen LogP contribution is -2.44. The fourth-order valence-electron chi connectivity index (χ4n) is 3.95. The van der Waals surface area contributed by atoms with Crippen molar-refractivity contribution in [3.63, 3.8) is 0 Å². The first kappa shape index (κ1) is 16.6. The molecular weight excluding hydrogens is 340 g/mol. The summed E-state index contributed by atoms with van der Waals surface area (Å²) in [6.07, 6.45) is 4.43. The predicted octanol–water partition coefficient (Wildman–Crippen LogP) is 3.97. The van der Waals surface area contributed by atoms with Gasteiger partial charge in [-0.15, -0.1) is 0 Å². The second-order valence-corrected chi connectivity index (χ2v) is 7.55. The van der Waals surface area contributed by atoms with E-state index in [2.05, 4.69) is 17.4 Å². The quantitative estimate of drug-likeness (QED) is 0.872. The number of hydrogen-bond acceptors (Lipinski definition) is 4. The summed E-state index contributed by atoms with van der Waals surface area (Å²) in [6, 6.07) is 16.2. The SMILES string of the molecule is O=C1c2ccccc2NC(c2ccc(OCC3CCCO3)cc2)N1C1CC1. The number of carbonyl (C=O) groups excluding carboxylic acids is 1. The minimum Gasteiger partial charge on any atom is -0.491 e. The highest BCUT2D eigenvalue weighted by molar-refractivity contribution is 6.02. The number of nitrogens with zero attached hydrogens (tertiary/aromatic N) is 1. The van der Waals surface area contributed by atoms with E-state index in [-0.39, 0.29) is 18.2 Å². The fourth-order valence-corrected chi connectivity index (χ4v) is 3.95. The van der Waals surface area contributed by atoms with Gasteiger partial charge in [0.25, 0.3) is 5.91 Å². The van der Waals surface area contributed by atoms with Crippen LogP contribution in [0.2, 0.25) is 0 Å².